The molecule has 1 rings (SSSR count). The van der Waals surface area contributed by atoms with Gasteiger partial charge in [-0.05, 0) is 25.0 Å². The van der Waals surface area contributed by atoms with E-state index in [2.05, 4.69) is 5.43 Å². The highest BCUT2D eigenvalue weighted by Gasteiger charge is 2.04. The van der Waals surface area contributed by atoms with E-state index in [0.29, 0.717) is 42.2 Å². The van der Waals surface area contributed by atoms with E-state index in [9.17, 15) is 4.79 Å². The topological polar surface area (TPSA) is 88.1 Å². The maximum Gasteiger partial charge on any atom is 0.233 e. The van der Waals surface area contributed by atoms with Gasteiger partial charge in [0.05, 0.1) is 12.2 Å². The molecule has 0 spiro atoms. The van der Waals surface area contributed by atoms with Gasteiger partial charge in [0.1, 0.15) is 11.8 Å². The van der Waals surface area contributed by atoms with Gasteiger partial charge in [0.25, 0.3) is 0 Å². The van der Waals surface area contributed by atoms with Crippen LogP contribution in [0.25, 0.3) is 0 Å². The molecular formula is C12H14ClN3O2. The van der Waals surface area contributed by atoms with Crippen LogP contribution in [0.3, 0.4) is 0 Å². The second-order valence-electron chi connectivity index (χ2n) is 3.63. The van der Waals surface area contributed by atoms with Crippen LogP contribution in [0.1, 0.15) is 24.8 Å². The first kappa shape index (κ1) is 14.3. The number of nitriles is 1. The first-order chi connectivity index (χ1) is 8.67. The predicted octanol–water partition coefficient (Wildman–Crippen LogP) is 1.75. The first-order valence-corrected chi connectivity index (χ1v) is 5.87. The van der Waals surface area contributed by atoms with E-state index < -0.39 is 0 Å². The van der Waals surface area contributed by atoms with Gasteiger partial charge in [-0.15, -0.1) is 0 Å². The summed E-state index contributed by atoms with van der Waals surface area (Å²) < 4.78 is 5.45. The van der Waals surface area contributed by atoms with E-state index >= 15 is 0 Å². The van der Waals surface area contributed by atoms with Crippen LogP contribution in [0.15, 0.2) is 18.2 Å². The van der Waals surface area contributed by atoms with Crippen LogP contribution in [0.4, 0.5) is 0 Å². The number of nitrogens with two attached hydrogens (primary N) is 1. The fourth-order valence-electron chi connectivity index (χ4n) is 1.35. The molecular weight excluding hydrogens is 254 g/mol. The molecule has 0 aliphatic heterocycles. The minimum atomic E-state index is -0.199. The number of hydrogen-bond donors (Lipinski definition) is 2. The molecule has 0 aliphatic carbocycles. The van der Waals surface area contributed by atoms with Crippen LogP contribution in [-0.2, 0) is 4.79 Å². The lowest BCUT2D eigenvalue weighted by Crippen LogP contribution is -2.29. The first-order valence-electron chi connectivity index (χ1n) is 5.49. The van der Waals surface area contributed by atoms with Gasteiger partial charge in [-0.25, -0.2) is 5.84 Å². The fourth-order valence-corrected chi connectivity index (χ4v) is 1.51. The van der Waals surface area contributed by atoms with E-state index in [4.69, 9.17) is 27.4 Å². The number of hydrazine groups is 1. The Bertz CT molecular complexity index is 457. The quantitative estimate of drug-likeness (QED) is 0.356. The number of benzene rings is 1. The number of amides is 1. The molecule has 3 N–H and O–H groups in total. The Kier molecular flexibility index (Phi) is 5.98. The molecule has 0 unspecified atom stereocenters. The van der Waals surface area contributed by atoms with E-state index in [1.54, 1.807) is 18.2 Å². The zero-order valence-corrected chi connectivity index (χ0v) is 10.5. The molecule has 96 valence electrons. The molecule has 0 aliphatic rings. The Balaban J connectivity index is 2.37. The zero-order valence-electron chi connectivity index (χ0n) is 9.78. The van der Waals surface area contributed by atoms with Crippen molar-refractivity contribution >= 4 is 17.5 Å². The molecule has 0 aromatic heterocycles. The standard InChI is InChI=1S/C12H14ClN3O2/c13-10-5-4-9(8-14)11(7-10)18-6-2-1-3-12(17)16-15/h4-5,7H,1-3,6,15H2,(H,16,17). The van der Waals surface area contributed by atoms with Gasteiger partial charge in [0.15, 0.2) is 0 Å². The van der Waals surface area contributed by atoms with Crippen molar-refractivity contribution in [2.75, 3.05) is 6.61 Å². The molecule has 1 aromatic carbocycles. The average Bonchev–Trinajstić information content (AvgIpc) is 2.38. The summed E-state index contributed by atoms with van der Waals surface area (Å²) in [5.41, 5.74) is 2.50. The fraction of sp³-hybridized carbons (Fsp3) is 0.333. The van der Waals surface area contributed by atoms with Gasteiger partial charge in [0, 0.05) is 17.5 Å². The van der Waals surface area contributed by atoms with Gasteiger partial charge in [-0.2, -0.15) is 5.26 Å². The lowest BCUT2D eigenvalue weighted by Gasteiger charge is -2.07. The van der Waals surface area contributed by atoms with Crippen molar-refractivity contribution < 1.29 is 9.53 Å². The van der Waals surface area contributed by atoms with Crippen molar-refractivity contribution in [1.82, 2.24) is 5.43 Å². The number of nitrogens with zero attached hydrogens (tertiary/aromatic N) is 1. The van der Waals surface area contributed by atoms with Gasteiger partial charge < -0.3 is 4.74 Å². The molecule has 0 fully saturated rings. The Labute approximate surface area is 110 Å². The van der Waals surface area contributed by atoms with Gasteiger partial charge >= 0.3 is 0 Å². The van der Waals surface area contributed by atoms with Crippen LogP contribution in [0.2, 0.25) is 5.02 Å². The molecule has 1 aromatic rings. The summed E-state index contributed by atoms with van der Waals surface area (Å²) in [5, 5.41) is 9.40. The predicted molar refractivity (Wildman–Crippen MR) is 67.8 cm³/mol. The van der Waals surface area contributed by atoms with E-state index in [1.165, 1.54) is 0 Å². The van der Waals surface area contributed by atoms with Crippen molar-refractivity contribution in [2.45, 2.75) is 19.3 Å². The molecule has 18 heavy (non-hydrogen) atoms. The van der Waals surface area contributed by atoms with Crippen molar-refractivity contribution in [3.63, 3.8) is 0 Å². The maximum absolute atomic E-state index is 10.9. The third kappa shape index (κ3) is 4.62. The lowest BCUT2D eigenvalue weighted by atomic mass is 10.2. The van der Waals surface area contributed by atoms with Crippen molar-refractivity contribution in [3.8, 4) is 11.8 Å². The SMILES string of the molecule is N#Cc1ccc(Cl)cc1OCCCCC(=O)NN. The highest BCUT2D eigenvalue weighted by molar-refractivity contribution is 6.30. The molecule has 1 amide bonds. The number of unbranched alkanes of at least 4 members (excludes halogenated alkanes) is 1. The summed E-state index contributed by atoms with van der Waals surface area (Å²) in [4.78, 5) is 10.9. The normalized spacial score (nSPS) is 9.61. The van der Waals surface area contributed by atoms with Gasteiger partial charge in [-0.1, -0.05) is 11.6 Å². The van der Waals surface area contributed by atoms with Gasteiger partial charge in [-0.3, -0.25) is 10.2 Å². The van der Waals surface area contributed by atoms with Gasteiger partial charge in [0.2, 0.25) is 5.91 Å². The smallest absolute Gasteiger partial charge is 0.233 e. The Morgan fingerprint density at radius 2 is 2.28 bits per heavy atom. The van der Waals surface area contributed by atoms with Crippen LogP contribution in [0, 0.1) is 11.3 Å². The van der Waals surface area contributed by atoms with Crippen molar-refractivity contribution in [1.29, 1.82) is 5.26 Å². The molecule has 0 radical (unpaired) electrons. The van der Waals surface area contributed by atoms with Crippen LogP contribution >= 0.6 is 11.6 Å². The summed E-state index contributed by atoms with van der Waals surface area (Å²) in [6, 6.07) is 6.88. The summed E-state index contributed by atoms with van der Waals surface area (Å²) >= 11 is 5.82. The number of nitrogens with one attached hydrogen (secondary N) is 1. The van der Waals surface area contributed by atoms with Crippen LogP contribution in [0.5, 0.6) is 5.75 Å². The second-order valence-corrected chi connectivity index (χ2v) is 4.06. The average molecular weight is 268 g/mol. The number of hydrogen-bond acceptors (Lipinski definition) is 4. The van der Waals surface area contributed by atoms with Crippen molar-refractivity contribution in [2.24, 2.45) is 5.84 Å². The largest absolute Gasteiger partial charge is 0.492 e. The number of halogens is 1. The Hall–Kier alpha value is -1.77. The van der Waals surface area contributed by atoms with Crippen molar-refractivity contribution in [3.05, 3.63) is 28.8 Å². The molecule has 0 bridgehead atoms. The second kappa shape index (κ2) is 7.54. The molecule has 0 atom stereocenters. The zero-order chi connectivity index (χ0) is 13.4. The number of rotatable bonds is 6. The Morgan fingerprint density at radius 1 is 1.50 bits per heavy atom. The van der Waals surface area contributed by atoms with E-state index in [0.717, 1.165) is 0 Å². The Morgan fingerprint density at radius 3 is 2.94 bits per heavy atom. The molecule has 0 heterocycles. The van der Waals surface area contributed by atoms with Crippen LogP contribution < -0.4 is 16.0 Å². The lowest BCUT2D eigenvalue weighted by molar-refractivity contribution is -0.121. The van der Waals surface area contributed by atoms with Crippen LogP contribution in [-0.4, -0.2) is 12.5 Å². The number of carbonyl (C=O) groups excluding carboxylic acids is 1. The van der Waals surface area contributed by atoms with E-state index in [-0.39, 0.29) is 5.91 Å². The molecule has 0 saturated carbocycles. The number of ether oxygens (including phenoxy) is 1. The minimum absolute atomic E-state index is 0.199. The molecule has 0 saturated heterocycles. The third-order valence-electron chi connectivity index (χ3n) is 2.28. The highest BCUT2D eigenvalue weighted by atomic mass is 35.5. The molecule has 6 heteroatoms. The summed E-state index contributed by atoms with van der Waals surface area (Å²) in [6.45, 7) is 0.423. The maximum atomic E-state index is 10.9. The summed E-state index contributed by atoms with van der Waals surface area (Å²) in [7, 11) is 0. The molecule has 5 nitrogen and oxygen atoms in total. The summed E-state index contributed by atoms with van der Waals surface area (Å²) in [5.74, 6) is 5.22. The minimum Gasteiger partial charge on any atom is -0.492 e. The highest BCUT2D eigenvalue weighted by Crippen LogP contribution is 2.22. The number of carbonyl (C=O) groups is 1. The monoisotopic (exact) mass is 267 g/mol. The third-order valence-corrected chi connectivity index (χ3v) is 2.52. The summed E-state index contributed by atoms with van der Waals surface area (Å²) in [6.07, 6.45) is 1.73. The van der Waals surface area contributed by atoms with E-state index in [1.807, 2.05) is 6.07 Å².